The number of hydrogen-bond donors (Lipinski definition) is 1. The maximum Gasteiger partial charge on any atom is 0.133 e. The van der Waals surface area contributed by atoms with Gasteiger partial charge in [-0.15, -0.1) is 0 Å². The van der Waals surface area contributed by atoms with Crippen molar-refractivity contribution in [2.45, 2.75) is 25.7 Å². The van der Waals surface area contributed by atoms with E-state index in [1.54, 1.807) is 6.33 Å². The fraction of sp³-hybridized carbons (Fsp3) is 0.455. The Morgan fingerprint density at radius 1 is 1.40 bits per heavy atom. The highest BCUT2D eigenvalue weighted by Crippen LogP contribution is 2.24. The molecule has 1 aromatic rings. The van der Waals surface area contributed by atoms with Crippen LogP contribution in [0.3, 0.4) is 0 Å². The molecule has 1 aliphatic rings. The third-order valence-corrected chi connectivity index (χ3v) is 2.85. The van der Waals surface area contributed by atoms with E-state index < -0.39 is 0 Å². The third-order valence-electron chi connectivity index (χ3n) is 2.57. The van der Waals surface area contributed by atoms with Gasteiger partial charge in [0.1, 0.15) is 12.1 Å². The SMILES string of the molecule is C=C(Br)CNc1ncnc2c1CCCC2. The summed E-state index contributed by atoms with van der Waals surface area (Å²) in [6, 6.07) is 0. The van der Waals surface area contributed by atoms with E-state index in [2.05, 4.69) is 37.8 Å². The summed E-state index contributed by atoms with van der Waals surface area (Å²) in [7, 11) is 0. The largest absolute Gasteiger partial charge is 0.365 e. The summed E-state index contributed by atoms with van der Waals surface area (Å²) >= 11 is 3.33. The first-order valence-corrected chi connectivity index (χ1v) is 5.96. The maximum atomic E-state index is 4.32. The summed E-state index contributed by atoms with van der Waals surface area (Å²) in [5.74, 6) is 0.972. The highest BCUT2D eigenvalue weighted by Gasteiger charge is 2.14. The molecule has 15 heavy (non-hydrogen) atoms. The van der Waals surface area contributed by atoms with Crippen molar-refractivity contribution in [3.05, 3.63) is 28.6 Å². The lowest BCUT2D eigenvalue weighted by atomic mass is 9.96. The molecule has 3 nitrogen and oxygen atoms in total. The van der Waals surface area contributed by atoms with Gasteiger partial charge in [-0.05, 0) is 25.7 Å². The lowest BCUT2D eigenvalue weighted by Gasteiger charge is -2.17. The van der Waals surface area contributed by atoms with E-state index in [0.717, 1.165) is 23.1 Å². The van der Waals surface area contributed by atoms with Gasteiger partial charge < -0.3 is 5.32 Å². The molecule has 0 unspecified atom stereocenters. The van der Waals surface area contributed by atoms with E-state index in [0.29, 0.717) is 6.54 Å². The summed E-state index contributed by atoms with van der Waals surface area (Å²) in [5, 5.41) is 3.27. The van der Waals surface area contributed by atoms with Crippen LogP contribution < -0.4 is 5.32 Å². The smallest absolute Gasteiger partial charge is 0.133 e. The molecule has 0 amide bonds. The fourth-order valence-corrected chi connectivity index (χ4v) is 1.99. The van der Waals surface area contributed by atoms with Gasteiger partial charge in [0.2, 0.25) is 0 Å². The number of aromatic nitrogens is 2. The van der Waals surface area contributed by atoms with Gasteiger partial charge in [0.05, 0.1) is 0 Å². The molecule has 0 fully saturated rings. The van der Waals surface area contributed by atoms with Gasteiger partial charge in [-0.2, -0.15) is 0 Å². The van der Waals surface area contributed by atoms with Crippen molar-refractivity contribution < 1.29 is 0 Å². The Kier molecular flexibility index (Phi) is 3.36. The molecule has 1 heterocycles. The second-order valence-corrected chi connectivity index (χ2v) is 4.85. The monoisotopic (exact) mass is 267 g/mol. The Morgan fingerprint density at radius 2 is 2.20 bits per heavy atom. The molecule has 1 aliphatic carbocycles. The van der Waals surface area contributed by atoms with Crippen molar-refractivity contribution >= 4 is 21.7 Å². The van der Waals surface area contributed by atoms with Crippen molar-refractivity contribution in [1.29, 1.82) is 0 Å². The molecule has 2 rings (SSSR count). The number of halogens is 1. The van der Waals surface area contributed by atoms with Gasteiger partial charge in [-0.3, -0.25) is 0 Å². The number of nitrogens with zero attached hydrogens (tertiary/aromatic N) is 2. The second-order valence-electron chi connectivity index (χ2n) is 3.73. The quantitative estimate of drug-likeness (QED) is 0.915. The average molecular weight is 268 g/mol. The van der Waals surface area contributed by atoms with Crippen molar-refractivity contribution in [3.63, 3.8) is 0 Å². The first-order valence-electron chi connectivity index (χ1n) is 5.17. The number of fused-ring (bicyclic) bond motifs is 1. The van der Waals surface area contributed by atoms with Gasteiger partial charge in [0, 0.05) is 22.3 Å². The van der Waals surface area contributed by atoms with Crippen LogP contribution in [0.1, 0.15) is 24.1 Å². The van der Waals surface area contributed by atoms with Crippen LogP contribution in [0.25, 0.3) is 0 Å². The Balaban J connectivity index is 2.19. The van der Waals surface area contributed by atoms with Crippen molar-refractivity contribution in [1.82, 2.24) is 9.97 Å². The molecular formula is C11H14BrN3. The predicted octanol–water partition coefficient (Wildman–Crippen LogP) is 2.68. The zero-order valence-corrected chi connectivity index (χ0v) is 10.2. The first kappa shape index (κ1) is 10.6. The molecule has 0 aromatic carbocycles. The van der Waals surface area contributed by atoms with Crippen LogP contribution in [0.15, 0.2) is 17.4 Å². The molecule has 0 bridgehead atoms. The Morgan fingerprint density at radius 3 is 3.00 bits per heavy atom. The second kappa shape index (κ2) is 4.75. The van der Waals surface area contributed by atoms with Crippen LogP contribution in [-0.4, -0.2) is 16.5 Å². The standard InChI is InChI=1S/C11H14BrN3/c1-8(12)6-13-11-9-4-2-3-5-10(9)14-7-15-11/h7H,1-6H2,(H,13,14,15). The van der Waals surface area contributed by atoms with E-state index in [-0.39, 0.29) is 0 Å². The van der Waals surface area contributed by atoms with Crippen LogP contribution in [-0.2, 0) is 12.8 Å². The zero-order chi connectivity index (χ0) is 10.7. The highest BCUT2D eigenvalue weighted by atomic mass is 79.9. The van der Waals surface area contributed by atoms with E-state index in [1.165, 1.54) is 24.1 Å². The normalized spacial score (nSPS) is 14.5. The van der Waals surface area contributed by atoms with Gasteiger partial charge in [0.25, 0.3) is 0 Å². The van der Waals surface area contributed by atoms with Crippen LogP contribution in [0.2, 0.25) is 0 Å². The number of aryl methyl sites for hydroxylation is 1. The van der Waals surface area contributed by atoms with E-state index in [4.69, 9.17) is 0 Å². The van der Waals surface area contributed by atoms with Gasteiger partial charge >= 0.3 is 0 Å². The lowest BCUT2D eigenvalue weighted by molar-refractivity contribution is 0.663. The number of nitrogens with one attached hydrogen (secondary N) is 1. The molecule has 0 saturated heterocycles. The van der Waals surface area contributed by atoms with Gasteiger partial charge in [0.15, 0.2) is 0 Å². The number of anilines is 1. The van der Waals surface area contributed by atoms with Gasteiger partial charge in [-0.1, -0.05) is 22.5 Å². The number of hydrogen-bond acceptors (Lipinski definition) is 3. The van der Waals surface area contributed by atoms with E-state index >= 15 is 0 Å². The van der Waals surface area contributed by atoms with Gasteiger partial charge in [-0.25, -0.2) is 9.97 Å². The summed E-state index contributed by atoms with van der Waals surface area (Å²) in [5.41, 5.74) is 2.50. The molecule has 0 aliphatic heterocycles. The summed E-state index contributed by atoms with van der Waals surface area (Å²) in [6.07, 6.45) is 6.30. The molecule has 80 valence electrons. The van der Waals surface area contributed by atoms with Crippen LogP contribution in [0, 0.1) is 0 Å². The molecule has 0 spiro atoms. The minimum absolute atomic E-state index is 0.712. The van der Waals surface area contributed by atoms with E-state index in [1.807, 2.05) is 0 Å². The molecule has 0 atom stereocenters. The summed E-state index contributed by atoms with van der Waals surface area (Å²) in [4.78, 5) is 8.60. The van der Waals surface area contributed by atoms with Crippen molar-refractivity contribution in [3.8, 4) is 0 Å². The van der Waals surface area contributed by atoms with Crippen molar-refractivity contribution in [2.24, 2.45) is 0 Å². The highest BCUT2D eigenvalue weighted by molar-refractivity contribution is 9.11. The minimum atomic E-state index is 0.712. The Hall–Kier alpha value is -0.900. The summed E-state index contributed by atoms with van der Waals surface area (Å²) < 4.78 is 0.936. The molecule has 0 saturated carbocycles. The summed E-state index contributed by atoms with van der Waals surface area (Å²) in [6.45, 7) is 4.50. The molecule has 1 N–H and O–H groups in total. The topological polar surface area (TPSA) is 37.8 Å². The predicted molar refractivity (Wildman–Crippen MR) is 65.2 cm³/mol. The zero-order valence-electron chi connectivity index (χ0n) is 8.59. The van der Waals surface area contributed by atoms with Crippen LogP contribution in [0.4, 0.5) is 5.82 Å². The molecule has 0 radical (unpaired) electrons. The maximum absolute atomic E-state index is 4.32. The molecule has 4 heteroatoms. The minimum Gasteiger partial charge on any atom is -0.365 e. The Labute approximate surface area is 98.1 Å². The molecule has 1 aromatic heterocycles. The average Bonchev–Trinajstić information content (AvgIpc) is 2.26. The van der Waals surface area contributed by atoms with Crippen LogP contribution >= 0.6 is 15.9 Å². The van der Waals surface area contributed by atoms with Crippen LogP contribution in [0.5, 0.6) is 0 Å². The fourth-order valence-electron chi connectivity index (χ4n) is 1.85. The lowest BCUT2D eigenvalue weighted by Crippen LogP contribution is -2.12. The first-order chi connectivity index (χ1) is 7.27. The van der Waals surface area contributed by atoms with E-state index in [9.17, 15) is 0 Å². The third kappa shape index (κ3) is 2.56. The number of rotatable bonds is 3. The van der Waals surface area contributed by atoms with Crippen molar-refractivity contribution in [2.75, 3.05) is 11.9 Å². The molecular weight excluding hydrogens is 254 g/mol. The Bertz CT molecular complexity index is 376.